The van der Waals surface area contributed by atoms with Crippen LogP contribution in [0.1, 0.15) is 5.76 Å². The maximum atomic E-state index is 11.2. The average Bonchev–Trinajstić information content (AvgIpc) is 2.95. The molecule has 0 spiro atoms. The third-order valence-corrected chi connectivity index (χ3v) is 3.43. The molecule has 1 aromatic heterocycles. The number of hydrogen-bond donors (Lipinski definition) is 2. The molecule has 2 amide bonds. The number of benzene rings is 2. The molecule has 5 nitrogen and oxygen atoms in total. The van der Waals surface area contributed by atoms with Gasteiger partial charge in [0.15, 0.2) is 0 Å². The molecule has 5 heteroatoms. The second-order valence-corrected chi connectivity index (χ2v) is 4.71. The summed E-state index contributed by atoms with van der Waals surface area (Å²) >= 11 is 0. The van der Waals surface area contributed by atoms with E-state index in [1.165, 1.54) is 0 Å². The van der Waals surface area contributed by atoms with E-state index in [-0.39, 0.29) is 6.03 Å². The van der Waals surface area contributed by atoms with Gasteiger partial charge in [-0.05, 0) is 35.0 Å². The van der Waals surface area contributed by atoms with E-state index in [1.54, 1.807) is 14.2 Å². The fraction of sp³-hybridized carbons (Fsp3) is 0.188. The summed E-state index contributed by atoms with van der Waals surface area (Å²) in [5.74, 6) is 1.52. The summed E-state index contributed by atoms with van der Waals surface area (Å²) in [5, 5.41) is 8.42. The van der Waals surface area contributed by atoms with Crippen LogP contribution in [0.5, 0.6) is 5.75 Å². The maximum Gasteiger partial charge on any atom is 0.314 e. The number of urea groups is 1. The van der Waals surface area contributed by atoms with Gasteiger partial charge in [-0.15, -0.1) is 0 Å². The first-order chi connectivity index (χ1) is 10.2. The van der Waals surface area contributed by atoms with Crippen LogP contribution in [0.3, 0.4) is 0 Å². The molecule has 0 aliphatic carbocycles. The predicted octanol–water partition coefficient (Wildman–Crippen LogP) is 3.02. The number of fused-ring (bicyclic) bond motifs is 3. The highest BCUT2D eigenvalue weighted by Gasteiger charge is 2.09. The Bertz CT molecular complexity index is 808. The number of hydrogen-bond acceptors (Lipinski definition) is 3. The van der Waals surface area contributed by atoms with Crippen LogP contribution < -0.4 is 15.4 Å². The Balaban J connectivity index is 2.03. The van der Waals surface area contributed by atoms with E-state index in [0.717, 1.165) is 27.5 Å². The van der Waals surface area contributed by atoms with Crippen LogP contribution in [0.25, 0.3) is 21.7 Å². The van der Waals surface area contributed by atoms with Crippen molar-refractivity contribution in [3.63, 3.8) is 0 Å². The van der Waals surface area contributed by atoms with Gasteiger partial charge in [0.25, 0.3) is 0 Å². The fourth-order valence-electron chi connectivity index (χ4n) is 2.34. The van der Waals surface area contributed by atoms with Crippen LogP contribution in [-0.4, -0.2) is 20.2 Å². The van der Waals surface area contributed by atoms with Crippen molar-refractivity contribution >= 4 is 27.8 Å². The Morgan fingerprint density at radius 2 is 2.00 bits per heavy atom. The second kappa shape index (κ2) is 5.36. The smallest absolute Gasteiger partial charge is 0.314 e. The number of methoxy groups -OCH3 is 1. The molecule has 2 aromatic carbocycles. The number of nitrogens with one attached hydrogen (secondary N) is 2. The van der Waals surface area contributed by atoms with Gasteiger partial charge in [-0.25, -0.2) is 4.79 Å². The average molecular weight is 284 g/mol. The number of carbonyl (C=O) groups excluding carboxylic acids is 1. The molecule has 0 atom stereocenters. The minimum absolute atomic E-state index is 0.234. The molecule has 0 saturated heterocycles. The van der Waals surface area contributed by atoms with E-state index in [2.05, 4.69) is 10.6 Å². The number of amides is 2. The van der Waals surface area contributed by atoms with E-state index in [9.17, 15) is 4.79 Å². The standard InChI is InChI=1S/C16H16N2O3/c1-17-16(19)18-9-12-8-14-13-7-11(20-2)5-3-10(13)4-6-15(14)21-12/h3-8H,9H2,1-2H3,(H2,17,18,19). The Kier molecular flexibility index (Phi) is 3.39. The van der Waals surface area contributed by atoms with Gasteiger partial charge in [-0.3, -0.25) is 0 Å². The summed E-state index contributed by atoms with van der Waals surface area (Å²) in [6.45, 7) is 0.347. The SMILES string of the molecule is CNC(=O)NCc1cc2c(ccc3ccc(OC)cc32)o1. The first-order valence-electron chi connectivity index (χ1n) is 6.66. The monoisotopic (exact) mass is 284 g/mol. The molecule has 1 heterocycles. The van der Waals surface area contributed by atoms with E-state index >= 15 is 0 Å². The molecule has 0 bridgehead atoms. The summed E-state index contributed by atoms with van der Waals surface area (Å²) in [6, 6.07) is 11.6. The van der Waals surface area contributed by atoms with E-state index in [1.807, 2.05) is 36.4 Å². The largest absolute Gasteiger partial charge is 0.497 e. The third-order valence-electron chi connectivity index (χ3n) is 3.43. The van der Waals surface area contributed by atoms with Crippen molar-refractivity contribution < 1.29 is 13.9 Å². The molecule has 0 aliphatic rings. The van der Waals surface area contributed by atoms with Crippen LogP contribution in [0.15, 0.2) is 40.8 Å². The molecule has 0 saturated carbocycles. The van der Waals surface area contributed by atoms with E-state index < -0.39 is 0 Å². The number of rotatable bonds is 3. The van der Waals surface area contributed by atoms with Crippen molar-refractivity contribution in [1.29, 1.82) is 0 Å². The molecule has 0 unspecified atom stereocenters. The molecule has 2 N–H and O–H groups in total. The van der Waals surface area contributed by atoms with Crippen molar-refractivity contribution in [2.24, 2.45) is 0 Å². The van der Waals surface area contributed by atoms with Gasteiger partial charge >= 0.3 is 6.03 Å². The fourth-order valence-corrected chi connectivity index (χ4v) is 2.34. The summed E-state index contributed by atoms with van der Waals surface area (Å²) in [4.78, 5) is 11.2. The molecule has 0 radical (unpaired) electrons. The lowest BCUT2D eigenvalue weighted by Crippen LogP contribution is -2.31. The molecule has 3 rings (SSSR count). The molecule has 108 valence electrons. The quantitative estimate of drug-likeness (QED) is 0.777. The van der Waals surface area contributed by atoms with Gasteiger partial charge < -0.3 is 19.8 Å². The molecular formula is C16H16N2O3. The van der Waals surface area contributed by atoms with Gasteiger partial charge in [-0.1, -0.05) is 12.1 Å². The zero-order valence-corrected chi connectivity index (χ0v) is 11.9. The van der Waals surface area contributed by atoms with Gasteiger partial charge in [0.2, 0.25) is 0 Å². The third kappa shape index (κ3) is 2.50. The van der Waals surface area contributed by atoms with Crippen molar-refractivity contribution in [3.05, 3.63) is 42.2 Å². The lowest BCUT2D eigenvalue weighted by atomic mass is 10.1. The first-order valence-corrected chi connectivity index (χ1v) is 6.66. The molecular weight excluding hydrogens is 268 g/mol. The van der Waals surface area contributed by atoms with Crippen LogP contribution in [0.2, 0.25) is 0 Å². The van der Waals surface area contributed by atoms with Gasteiger partial charge in [0.05, 0.1) is 13.7 Å². The number of carbonyl (C=O) groups is 1. The van der Waals surface area contributed by atoms with Crippen LogP contribution in [0, 0.1) is 0 Å². The zero-order chi connectivity index (χ0) is 14.8. The highest BCUT2D eigenvalue weighted by molar-refractivity contribution is 6.06. The highest BCUT2D eigenvalue weighted by Crippen LogP contribution is 2.30. The lowest BCUT2D eigenvalue weighted by Gasteiger charge is -2.02. The summed E-state index contributed by atoms with van der Waals surface area (Å²) in [7, 11) is 3.23. The summed E-state index contributed by atoms with van der Waals surface area (Å²) in [5.41, 5.74) is 0.796. The van der Waals surface area contributed by atoms with Gasteiger partial charge in [0.1, 0.15) is 17.1 Å². The Labute approximate surface area is 121 Å². The summed E-state index contributed by atoms with van der Waals surface area (Å²) < 4.78 is 11.0. The van der Waals surface area contributed by atoms with Crippen molar-refractivity contribution in [2.45, 2.75) is 6.54 Å². The van der Waals surface area contributed by atoms with Crippen LogP contribution in [0.4, 0.5) is 4.79 Å². The maximum absolute atomic E-state index is 11.2. The zero-order valence-electron chi connectivity index (χ0n) is 11.9. The van der Waals surface area contributed by atoms with Crippen molar-refractivity contribution in [2.75, 3.05) is 14.2 Å². The predicted molar refractivity (Wildman–Crippen MR) is 81.6 cm³/mol. The highest BCUT2D eigenvalue weighted by atomic mass is 16.5. The van der Waals surface area contributed by atoms with E-state index in [4.69, 9.17) is 9.15 Å². The van der Waals surface area contributed by atoms with Crippen LogP contribution in [-0.2, 0) is 6.54 Å². The van der Waals surface area contributed by atoms with E-state index in [0.29, 0.717) is 12.3 Å². The van der Waals surface area contributed by atoms with Crippen LogP contribution >= 0.6 is 0 Å². The topological polar surface area (TPSA) is 63.5 Å². The van der Waals surface area contributed by atoms with Crippen molar-refractivity contribution in [1.82, 2.24) is 10.6 Å². The molecule has 21 heavy (non-hydrogen) atoms. The Hall–Kier alpha value is -2.69. The Morgan fingerprint density at radius 3 is 2.76 bits per heavy atom. The lowest BCUT2D eigenvalue weighted by molar-refractivity contribution is 0.241. The number of furan rings is 1. The second-order valence-electron chi connectivity index (χ2n) is 4.71. The first kappa shape index (κ1) is 13.3. The Morgan fingerprint density at radius 1 is 1.19 bits per heavy atom. The molecule has 3 aromatic rings. The summed E-state index contributed by atoms with van der Waals surface area (Å²) in [6.07, 6.45) is 0. The minimum atomic E-state index is -0.234. The minimum Gasteiger partial charge on any atom is -0.497 e. The number of ether oxygens (including phenoxy) is 1. The normalized spacial score (nSPS) is 10.8. The van der Waals surface area contributed by atoms with Crippen molar-refractivity contribution in [3.8, 4) is 5.75 Å². The molecule has 0 fully saturated rings. The van der Waals surface area contributed by atoms with Gasteiger partial charge in [-0.2, -0.15) is 0 Å². The molecule has 0 aliphatic heterocycles. The van der Waals surface area contributed by atoms with Gasteiger partial charge in [0, 0.05) is 12.4 Å².